The standard InChI is InChI=1S/C13H22N4O/c1-3-10(2)16-12-7-6-11(9-15-12)17-13(18)5-4-8-14/h6-7,9-10H,3-5,8,14H2,1-2H3,(H,15,16)(H,17,18). The van der Waals surface area contributed by atoms with Gasteiger partial charge in [0.1, 0.15) is 5.82 Å². The van der Waals surface area contributed by atoms with Gasteiger partial charge in [0.2, 0.25) is 5.91 Å². The Morgan fingerprint density at radius 3 is 2.83 bits per heavy atom. The molecule has 1 aromatic rings. The molecule has 1 atom stereocenters. The Hall–Kier alpha value is -1.62. The second-order valence-electron chi connectivity index (χ2n) is 4.33. The highest BCUT2D eigenvalue weighted by Crippen LogP contribution is 2.11. The van der Waals surface area contributed by atoms with E-state index in [0.717, 1.165) is 12.2 Å². The average molecular weight is 250 g/mol. The van der Waals surface area contributed by atoms with Crippen LogP contribution in [0.15, 0.2) is 18.3 Å². The van der Waals surface area contributed by atoms with Crippen LogP contribution in [0.4, 0.5) is 11.5 Å². The van der Waals surface area contributed by atoms with Crippen LogP contribution in [0.25, 0.3) is 0 Å². The molecule has 0 aromatic carbocycles. The topological polar surface area (TPSA) is 80.0 Å². The number of nitrogens with two attached hydrogens (primary N) is 1. The van der Waals surface area contributed by atoms with Crippen LogP contribution in [0.3, 0.4) is 0 Å². The van der Waals surface area contributed by atoms with Crippen molar-refractivity contribution in [1.82, 2.24) is 4.98 Å². The maximum atomic E-state index is 11.5. The Kier molecular flexibility index (Phi) is 6.14. The monoisotopic (exact) mass is 250 g/mol. The Labute approximate surface area is 108 Å². The van der Waals surface area contributed by atoms with Gasteiger partial charge in [-0.05, 0) is 38.4 Å². The number of anilines is 2. The lowest BCUT2D eigenvalue weighted by atomic mass is 10.2. The van der Waals surface area contributed by atoms with Gasteiger partial charge in [-0.25, -0.2) is 4.98 Å². The van der Waals surface area contributed by atoms with Crippen molar-refractivity contribution < 1.29 is 4.79 Å². The van der Waals surface area contributed by atoms with E-state index in [0.29, 0.717) is 31.1 Å². The van der Waals surface area contributed by atoms with Crippen molar-refractivity contribution in [2.45, 2.75) is 39.2 Å². The molecule has 0 radical (unpaired) electrons. The minimum atomic E-state index is -0.0233. The van der Waals surface area contributed by atoms with Gasteiger partial charge in [0.15, 0.2) is 0 Å². The van der Waals surface area contributed by atoms with Crippen molar-refractivity contribution in [3.63, 3.8) is 0 Å². The SMILES string of the molecule is CCC(C)Nc1ccc(NC(=O)CCCN)cn1. The molecule has 0 bridgehead atoms. The number of aromatic nitrogens is 1. The molecule has 0 aliphatic carbocycles. The number of carbonyl (C=O) groups is 1. The van der Waals surface area contributed by atoms with Crippen LogP contribution in [0.2, 0.25) is 0 Å². The van der Waals surface area contributed by atoms with Gasteiger partial charge in [0.05, 0.1) is 11.9 Å². The van der Waals surface area contributed by atoms with Crippen LogP contribution in [0.5, 0.6) is 0 Å². The molecule has 0 aliphatic rings. The van der Waals surface area contributed by atoms with E-state index in [9.17, 15) is 4.79 Å². The Balaban J connectivity index is 2.47. The molecule has 1 unspecified atom stereocenters. The quantitative estimate of drug-likeness (QED) is 0.691. The second-order valence-corrected chi connectivity index (χ2v) is 4.33. The van der Waals surface area contributed by atoms with Crippen molar-refractivity contribution in [3.8, 4) is 0 Å². The molecule has 1 rings (SSSR count). The maximum absolute atomic E-state index is 11.5. The highest BCUT2D eigenvalue weighted by atomic mass is 16.1. The number of rotatable bonds is 7. The summed E-state index contributed by atoms with van der Waals surface area (Å²) in [6, 6.07) is 4.10. The zero-order valence-electron chi connectivity index (χ0n) is 11.1. The first kappa shape index (κ1) is 14.4. The molecule has 0 saturated heterocycles. The van der Waals surface area contributed by atoms with Crippen LogP contribution >= 0.6 is 0 Å². The minimum Gasteiger partial charge on any atom is -0.368 e. The van der Waals surface area contributed by atoms with Gasteiger partial charge < -0.3 is 16.4 Å². The molecule has 1 amide bonds. The molecular formula is C13H22N4O. The third-order valence-corrected chi connectivity index (χ3v) is 2.66. The lowest BCUT2D eigenvalue weighted by Crippen LogP contribution is -2.15. The molecular weight excluding hydrogens is 228 g/mol. The van der Waals surface area contributed by atoms with Gasteiger partial charge in [-0.15, -0.1) is 0 Å². The zero-order valence-corrected chi connectivity index (χ0v) is 11.1. The fourth-order valence-electron chi connectivity index (χ4n) is 1.39. The van der Waals surface area contributed by atoms with E-state index >= 15 is 0 Å². The van der Waals surface area contributed by atoms with E-state index in [1.54, 1.807) is 6.20 Å². The molecule has 4 N–H and O–H groups in total. The highest BCUT2D eigenvalue weighted by molar-refractivity contribution is 5.90. The number of amides is 1. The fourth-order valence-corrected chi connectivity index (χ4v) is 1.39. The fraction of sp³-hybridized carbons (Fsp3) is 0.538. The van der Waals surface area contributed by atoms with E-state index in [4.69, 9.17) is 5.73 Å². The lowest BCUT2D eigenvalue weighted by Gasteiger charge is -2.12. The third-order valence-electron chi connectivity index (χ3n) is 2.66. The van der Waals surface area contributed by atoms with Crippen molar-refractivity contribution in [1.29, 1.82) is 0 Å². The maximum Gasteiger partial charge on any atom is 0.224 e. The predicted molar refractivity (Wildman–Crippen MR) is 74.5 cm³/mol. The van der Waals surface area contributed by atoms with E-state index in [2.05, 4.69) is 29.5 Å². The van der Waals surface area contributed by atoms with Crippen molar-refractivity contribution in [2.75, 3.05) is 17.2 Å². The first-order valence-electron chi connectivity index (χ1n) is 6.38. The highest BCUT2D eigenvalue weighted by Gasteiger charge is 2.03. The summed E-state index contributed by atoms with van der Waals surface area (Å²) in [6.07, 6.45) is 3.85. The van der Waals surface area contributed by atoms with Crippen molar-refractivity contribution >= 4 is 17.4 Å². The van der Waals surface area contributed by atoms with Gasteiger partial charge in [-0.3, -0.25) is 4.79 Å². The van der Waals surface area contributed by atoms with E-state index in [1.807, 2.05) is 12.1 Å². The van der Waals surface area contributed by atoms with Crippen LogP contribution in [0.1, 0.15) is 33.1 Å². The van der Waals surface area contributed by atoms with Gasteiger partial charge in [-0.2, -0.15) is 0 Å². The number of hydrogen-bond donors (Lipinski definition) is 3. The lowest BCUT2D eigenvalue weighted by molar-refractivity contribution is -0.116. The Morgan fingerprint density at radius 1 is 1.50 bits per heavy atom. The Bertz CT molecular complexity index is 364. The zero-order chi connectivity index (χ0) is 13.4. The molecule has 1 heterocycles. The summed E-state index contributed by atoms with van der Waals surface area (Å²) in [5, 5.41) is 6.05. The molecule has 5 nitrogen and oxygen atoms in total. The molecule has 1 aromatic heterocycles. The summed E-state index contributed by atoms with van der Waals surface area (Å²) in [5.74, 6) is 0.800. The Morgan fingerprint density at radius 2 is 2.28 bits per heavy atom. The smallest absolute Gasteiger partial charge is 0.224 e. The molecule has 5 heteroatoms. The molecule has 0 aliphatic heterocycles. The third kappa shape index (κ3) is 5.14. The van der Waals surface area contributed by atoms with Gasteiger partial charge in [-0.1, -0.05) is 6.92 Å². The summed E-state index contributed by atoms with van der Waals surface area (Å²) < 4.78 is 0. The molecule has 0 spiro atoms. The number of nitrogens with zero attached hydrogens (tertiary/aromatic N) is 1. The number of nitrogens with one attached hydrogen (secondary N) is 2. The van der Waals surface area contributed by atoms with Crippen LogP contribution in [-0.4, -0.2) is 23.5 Å². The molecule has 100 valence electrons. The average Bonchev–Trinajstić information content (AvgIpc) is 2.38. The summed E-state index contributed by atoms with van der Waals surface area (Å²) in [5.41, 5.74) is 6.06. The molecule has 0 fully saturated rings. The van der Waals surface area contributed by atoms with Gasteiger partial charge in [0, 0.05) is 12.5 Å². The summed E-state index contributed by atoms with van der Waals surface area (Å²) in [7, 11) is 0. The summed E-state index contributed by atoms with van der Waals surface area (Å²) >= 11 is 0. The first-order valence-corrected chi connectivity index (χ1v) is 6.38. The normalized spacial score (nSPS) is 11.9. The van der Waals surface area contributed by atoms with Crippen LogP contribution < -0.4 is 16.4 Å². The van der Waals surface area contributed by atoms with Crippen molar-refractivity contribution in [3.05, 3.63) is 18.3 Å². The van der Waals surface area contributed by atoms with E-state index < -0.39 is 0 Å². The van der Waals surface area contributed by atoms with Crippen molar-refractivity contribution in [2.24, 2.45) is 5.73 Å². The number of hydrogen-bond acceptors (Lipinski definition) is 4. The minimum absolute atomic E-state index is 0.0233. The summed E-state index contributed by atoms with van der Waals surface area (Å²) in [6.45, 7) is 4.75. The van der Waals surface area contributed by atoms with Gasteiger partial charge >= 0.3 is 0 Å². The number of carbonyl (C=O) groups excluding carboxylic acids is 1. The first-order chi connectivity index (χ1) is 8.65. The largest absolute Gasteiger partial charge is 0.368 e. The predicted octanol–water partition coefficient (Wildman–Crippen LogP) is 1.97. The summed E-state index contributed by atoms with van der Waals surface area (Å²) in [4.78, 5) is 15.7. The molecule has 0 saturated carbocycles. The number of pyridine rings is 1. The molecule has 18 heavy (non-hydrogen) atoms. The van der Waals surface area contributed by atoms with Gasteiger partial charge in [0.25, 0.3) is 0 Å². The van der Waals surface area contributed by atoms with E-state index in [1.165, 1.54) is 0 Å². The van der Waals surface area contributed by atoms with Crippen LogP contribution in [-0.2, 0) is 4.79 Å². The second kappa shape index (κ2) is 7.66. The van der Waals surface area contributed by atoms with Crippen LogP contribution in [0, 0.1) is 0 Å². The van der Waals surface area contributed by atoms with E-state index in [-0.39, 0.29) is 5.91 Å².